The molecule has 1 fully saturated rings. The van der Waals surface area contributed by atoms with E-state index in [2.05, 4.69) is 0 Å². The van der Waals surface area contributed by atoms with Crippen LogP contribution in [0, 0.1) is 0 Å². The second-order valence-electron chi connectivity index (χ2n) is 8.24. The van der Waals surface area contributed by atoms with Crippen molar-refractivity contribution in [1.82, 2.24) is 0 Å². The second-order valence-corrected chi connectivity index (χ2v) is 8.24. The van der Waals surface area contributed by atoms with Crippen molar-refractivity contribution in [2.75, 3.05) is 25.2 Å². The van der Waals surface area contributed by atoms with Gasteiger partial charge in [0.1, 0.15) is 23.0 Å². The Morgan fingerprint density at radius 2 is 1.42 bits per heavy atom. The van der Waals surface area contributed by atoms with Crippen molar-refractivity contribution in [2.45, 2.75) is 26.3 Å². The SMILES string of the molecule is CCCOc1ccc(C2/C(=C(\O)c3ccc(OCC)cc3)C(=O)C(=O)N2c2ccc(OC)cc2)cc1. The summed E-state index contributed by atoms with van der Waals surface area (Å²) in [5, 5.41) is 11.3. The lowest BCUT2D eigenvalue weighted by molar-refractivity contribution is -0.132. The Labute approximate surface area is 210 Å². The quantitative estimate of drug-likeness (QED) is 0.243. The van der Waals surface area contributed by atoms with Gasteiger partial charge < -0.3 is 19.3 Å². The number of ether oxygens (including phenoxy) is 3. The van der Waals surface area contributed by atoms with Crippen LogP contribution in [0.4, 0.5) is 5.69 Å². The Morgan fingerprint density at radius 3 is 2.00 bits per heavy atom. The molecule has 1 saturated heterocycles. The zero-order valence-electron chi connectivity index (χ0n) is 20.6. The highest BCUT2D eigenvalue weighted by Gasteiger charge is 2.47. The molecule has 1 amide bonds. The maximum atomic E-state index is 13.3. The Balaban J connectivity index is 1.82. The van der Waals surface area contributed by atoms with Crippen LogP contribution in [0.1, 0.15) is 37.4 Å². The van der Waals surface area contributed by atoms with Gasteiger partial charge in [-0.3, -0.25) is 14.5 Å². The highest BCUT2D eigenvalue weighted by molar-refractivity contribution is 6.51. The van der Waals surface area contributed by atoms with Crippen molar-refractivity contribution in [3.05, 3.63) is 89.5 Å². The number of anilines is 1. The predicted molar refractivity (Wildman–Crippen MR) is 138 cm³/mol. The van der Waals surface area contributed by atoms with E-state index in [1.54, 1.807) is 67.8 Å². The third-order valence-corrected chi connectivity index (χ3v) is 5.90. The molecule has 7 nitrogen and oxygen atoms in total. The van der Waals surface area contributed by atoms with Crippen molar-refractivity contribution >= 4 is 23.1 Å². The van der Waals surface area contributed by atoms with Crippen LogP contribution in [0.15, 0.2) is 78.4 Å². The molecule has 36 heavy (non-hydrogen) atoms. The van der Waals surface area contributed by atoms with Crippen LogP contribution in [-0.2, 0) is 9.59 Å². The lowest BCUT2D eigenvalue weighted by atomic mass is 9.95. The van der Waals surface area contributed by atoms with Gasteiger partial charge in [0.2, 0.25) is 0 Å². The number of carbonyl (C=O) groups excluding carboxylic acids is 2. The topological polar surface area (TPSA) is 85.3 Å². The van der Waals surface area contributed by atoms with Gasteiger partial charge >= 0.3 is 0 Å². The number of amides is 1. The lowest BCUT2D eigenvalue weighted by Gasteiger charge is -2.25. The number of Topliss-reactive ketones (excluding diaryl/α,β-unsaturated/α-hetero) is 1. The molecule has 3 aromatic rings. The summed E-state index contributed by atoms with van der Waals surface area (Å²) in [5.74, 6) is 0.236. The number of hydrogen-bond donors (Lipinski definition) is 1. The van der Waals surface area contributed by atoms with Crippen molar-refractivity contribution in [1.29, 1.82) is 0 Å². The Morgan fingerprint density at radius 1 is 0.833 bits per heavy atom. The van der Waals surface area contributed by atoms with E-state index in [-0.39, 0.29) is 11.3 Å². The summed E-state index contributed by atoms with van der Waals surface area (Å²) in [6.07, 6.45) is 0.876. The Kier molecular flexibility index (Phi) is 7.59. The second kappa shape index (κ2) is 11.0. The fraction of sp³-hybridized carbons (Fsp3) is 0.241. The molecule has 186 valence electrons. The van der Waals surface area contributed by atoms with Gasteiger partial charge in [-0.2, -0.15) is 0 Å². The third-order valence-electron chi connectivity index (χ3n) is 5.90. The summed E-state index contributed by atoms with van der Waals surface area (Å²) in [7, 11) is 1.56. The highest BCUT2D eigenvalue weighted by Crippen LogP contribution is 2.42. The molecule has 1 atom stereocenters. The third kappa shape index (κ3) is 4.91. The van der Waals surface area contributed by atoms with E-state index in [1.807, 2.05) is 26.0 Å². The van der Waals surface area contributed by atoms with E-state index in [4.69, 9.17) is 14.2 Å². The van der Waals surface area contributed by atoms with Crippen LogP contribution in [-0.4, -0.2) is 37.1 Å². The molecule has 0 spiro atoms. The van der Waals surface area contributed by atoms with Crippen LogP contribution in [0.5, 0.6) is 17.2 Å². The van der Waals surface area contributed by atoms with Crippen LogP contribution in [0.2, 0.25) is 0 Å². The van der Waals surface area contributed by atoms with Crippen LogP contribution in [0.25, 0.3) is 5.76 Å². The van der Waals surface area contributed by atoms with Crippen molar-refractivity contribution in [2.24, 2.45) is 0 Å². The molecule has 0 bridgehead atoms. The van der Waals surface area contributed by atoms with Crippen LogP contribution in [0.3, 0.4) is 0 Å². The maximum Gasteiger partial charge on any atom is 0.300 e. The van der Waals surface area contributed by atoms with Crippen molar-refractivity contribution in [3.63, 3.8) is 0 Å². The first-order valence-corrected chi connectivity index (χ1v) is 11.9. The number of aliphatic hydroxyl groups excluding tert-OH is 1. The monoisotopic (exact) mass is 487 g/mol. The molecule has 1 aliphatic rings. The summed E-state index contributed by atoms with van der Waals surface area (Å²) >= 11 is 0. The normalized spacial score (nSPS) is 16.8. The summed E-state index contributed by atoms with van der Waals surface area (Å²) in [4.78, 5) is 28.0. The average Bonchev–Trinajstić information content (AvgIpc) is 3.18. The number of rotatable bonds is 9. The molecular weight excluding hydrogens is 458 g/mol. The molecule has 0 saturated carbocycles. The smallest absolute Gasteiger partial charge is 0.300 e. The average molecular weight is 488 g/mol. The first kappa shape index (κ1) is 24.9. The number of nitrogens with zero attached hydrogens (tertiary/aromatic N) is 1. The molecule has 1 heterocycles. The molecule has 7 heteroatoms. The minimum Gasteiger partial charge on any atom is -0.507 e. The molecule has 0 aromatic heterocycles. The molecule has 1 N–H and O–H groups in total. The summed E-state index contributed by atoms with van der Waals surface area (Å²) in [6, 6.07) is 20.0. The van der Waals surface area contributed by atoms with E-state index in [9.17, 15) is 14.7 Å². The van der Waals surface area contributed by atoms with Crippen LogP contribution >= 0.6 is 0 Å². The standard InChI is InChI=1S/C29H29NO6/c1-4-18-36-24-12-6-19(7-13-24)26-25(27(31)20-8-14-23(15-9-20)35-5-2)28(32)29(33)30(26)21-10-16-22(34-3)17-11-21/h6-17,26,31H,4-5,18H2,1-3H3/b27-25+. The number of methoxy groups -OCH3 is 1. The van der Waals surface area contributed by atoms with E-state index in [1.165, 1.54) is 4.90 Å². The first-order valence-electron chi connectivity index (χ1n) is 11.9. The maximum absolute atomic E-state index is 13.3. The molecule has 3 aromatic carbocycles. The van der Waals surface area contributed by atoms with E-state index < -0.39 is 17.7 Å². The fourth-order valence-corrected chi connectivity index (χ4v) is 4.15. The molecule has 1 aliphatic heterocycles. The number of aliphatic hydroxyl groups is 1. The zero-order valence-corrected chi connectivity index (χ0v) is 20.6. The molecule has 1 unspecified atom stereocenters. The van der Waals surface area contributed by atoms with Gasteiger partial charge in [-0.15, -0.1) is 0 Å². The summed E-state index contributed by atoms with van der Waals surface area (Å²) < 4.78 is 16.4. The fourth-order valence-electron chi connectivity index (χ4n) is 4.15. The van der Waals surface area contributed by atoms with Gasteiger partial charge in [-0.25, -0.2) is 0 Å². The van der Waals surface area contributed by atoms with E-state index in [0.29, 0.717) is 47.3 Å². The molecular formula is C29H29NO6. The van der Waals surface area contributed by atoms with Gasteiger partial charge in [-0.1, -0.05) is 19.1 Å². The van der Waals surface area contributed by atoms with Gasteiger partial charge in [0, 0.05) is 11.3 Å². The number of hydrogen-bond acceptors (Lipinski definition) is 6. The summed E-state index contributed by atoms with van der Waals surface area (Å²) in [5.41, 5.74) is 1.61. The first-order chi connectivity index (χ1) is 17.5. The molecule has 0 aliphatic carbocycles. The van der Waals surface area contributed by atoms with E-state index in [0.717, 1.165) is 6.42 Å². The minimum atomic E-state index is -0.829. The summed E-state index contributed by atoms with van der Waals surface area (Å²) in [6.45, 7) is 5.00. The van der Waals surface area contributed by atoms with E-state index >= 15 is 0 Å². The predicted octanol–water partition coefficient (Wildman–Crippen LogP) is 5.51. The largest absolute Gasteiger partial charge is 0.507 e. The lowest BCUT2D eigenvalue weighted by Crippen LogP contribution is -2.29. The minimum absolute atomic E-state index is 0.0159. The Hall–Kier alpha value is -4.26. The van der Waals surface area contributed by atoms with Crippen LogP contribution < -0.4 is 19.1 Å². The van der Waals surface area contributed by atoms with Gasteiger partial charge in [-0.05, 0) is 79.6 Å². The molecule has 0 radical (unpaired) electrons. The molecule has 4 rings (SSSR count). The van der Waals surface area contributed by atoms with Gasteiger partial charge in [0.25, 0.3) is 11.7 Å². The number of benzene rings is 3. The van der Waals surface area contributed by atoms with Crippen molar-refractivity contribution in [3.8, 4) is 17.2 Å². The highest BCUT2D eigenvalue weighted by atomic mass is 16.5. The number of ketones is 1. The van der Waals surface area contributed by atoms with Crippen molar-refractivity contribution < 1.29 is 28.9 Å². The van der Waals surface area contributed by atoms with Gasteiger partial charge in [0.05, 0.1) is 31.9 Å². The Bertz CT molecular complexity index is 1250. The van der Waals surface area contributed by atoms with Gasteiger partial charge in [0.15, 0.2) is 0 Å². The number of carbonyl (C=O) groups is 2. The zero-order chi connectivity index (χ0) is 25.7.